The van der Waals surface area contributed by atoms with Crippen LogP contribution in [0, 0.1) is 12.3 Å². The summed E-state index contributed by atoms with van der Waals surface area (Å²) in [6.45, 7) is 8.77. The van der Waals surface area contributed by atoms with Crippen molar-refractivity contribution in [3.8, 4) is 0 Å². The number of unbranched alkanes of at least 4 members (excludes halogenated alkanes) is 1. The Hall–Kier alpha value is -0.830. The summed E-state index contributed by atoms with van der Waals surface area (Å²) in [5, 5.41) is 7.02. The summed E-state index contributed by atoms with van der Waals surface area (Å²) in [6, 6.07) is 0. The van der Waals surface area contributed by atoms with E-state index in [0.29, 0.717) is 5.41 Å². The van der Waals surface area contributed by atoms with E-state index in [-0.39, 0.29) is 24.0 Å². The number of hydrogen-bond acceptors (Lipinski definition) is 3. The maximum absolute atomic E-state index is 5.60. The van der Waals surface area contributed by atoms with Gasteiger partial charge in [0.2, 0.25) is 0 Å². The number of hydrogen-bond donors (Lipinski definition) is 2. The van der Waals surface area contributed by atoms with Crippen molar-refractivity contribution < 1.29 is 4.74 Å². The van der Waals surface area contributed by atoms with Crippen LogP contribution in [0.15, 0.2) is 17.4 Å². The van der Waals surface area contributed by atoms with Gasteiger partial charge in [0.15, 0.2) is 5.96 Å². The van der Waals surface area contributed by atoms with Crippen LogP contribution < -0.4 is 10.6 Å². The molecule has 0 radical (unpaired) electrons. The fourth-order valence-electron chi connectivity index (χ4n) is 3.82. The van der Waals surface area contributed by atoms with Crippen LogP contribution in [-0.4, -0.2) is 48.9 Å². The number of aliphatic imine (C=N–C) groups is 1. The van der Waals surface area contributed by atoms with Gasteiger partial charge in [-0.25, -0.2) is 4.98 Å². The first-order chi connectivity index (χ1) is 12.7. The van der Waals surface area contributed by atoms with Gasteiger partial charge in [0.05, 0.1) is 0 Å². The Bertz CT molecular complexity index is 540. The van der Waals surface area contributed by atoms with Gasteiger partial charge in [0.25, 0.3) is 0 Å². The lowest BCUT2D eigenvalue weighted by Gasteiger charge is -2.30. The van der Waals surface area contributed by atoms with Gasteiger partial charge in [-0.3, -0.25) is 4.99 Å². The standard InChI is InChI=1S/C20H37N5O.HI/c1-4-26-16-11-20(9-5-6-10-20)17-24-19(21-3)23-12-7-8-14-25-15-13-22-18(25)2;/h13,15H,4-12,14,16-17H2,1-3H3,(H2,21,23,24);1H. The molecule has 0 amide bonds. The minimum atomic E-state index is 0. The molecule has 0 saturated heterocycles. The molecule has 1 aliphatic carbocycles. The summed E-state index contributed by atoms with van der Waals surface area (Å²) in [4.78, 5) is 8.65. The summed E-state index contributed by atoms with van der Waals surface area (Å²) in [7, 11) is 1.85. The molecule has 1 saturated carbocycles. The number of nitrogens with one attached hydrogen (secondary N) is 2. The number of rotatable bonds is 11. The van der Waals surface area contributed by atoms with Crippen LogP contribution in [0.3, 0.4) is 0 Å². The minimum Gasteiger partial charge on any atom is -0.382 e. The molecule has 1 aliphatic rings. The van der Waals surface area contributed by atoms with Crippen LogP contribution in [-0.2, 0) is 11.3 Å². The summed E-state index contributed by atoms with van der Waals surface area (Å²) in [5.74, 6) is 2.01. The number of aryl methyl sites for hydroxylation is 2. The number of halogens is 1. The van der Waals surface area contributed by atoms with E-state index < -0.39 is 0 Å². The monoisotopic (exact) mass is 491 g/mol. The maximum Gasteiger partial charge on any atom is 0.190 e. The van der Waals surface area contributed by atoms with Crippen LogP contribution in [0.4, 0.5) is 0 Å². The third-order valence-corrected chi connectivity index (χ3v) is 5.54. The van der Waals surface area contributed by atoms with Crippen molar-refractivity contribution in [3.63, 3.8) is 0 Å². The highest BCUT2D eigenvalue weighted by Gasteiger charge is 2.33. The third-order valence-electron chi connectivity index (χ3n) is 5.54. The van der Waals surface area contributed by atoms with Gasteiger partial charge in [-0.15, -0.1) is 24.0 Å². The van der Waals surface area contributed by atoms with E-state index in [1.54, 1.807) is 0 Å². The lowest BCUT2D eigenvalue weighted by molar-refractivity contribution is 0.105. The van der Waals surface area contributed by atoms with E-state index >= 15 is 0 Å². The Labute approximate surface area is 182 Å². The highest BCUT2D eigenvalue weighted by molar-refractivity contribution is 14.0. The average Bonchev–Trinajstić information content (AvgIpc) is 3.27. The molecule has 1 aromatic rings. The predicted octanol–water partition coefficient (Wildman–Crippen LogP) is 3.74. The highest BCUT2D eigenvalue weighted by atomic mass is 127. The van der Waals surface area contributed by atoms with Gasteiger partial charge in [-0.2, -0.15) is 0 Å². The zero-order chi connectivity index (χ0) is 18.7. The van der Waals surface area contributed by atoms with Crippen LogP contribution in [0.5, 0.6) is 0 Å². The molecule has 0 unspecified atom stereocenters. The number of guanidine groups is 1. The van der Waals surface area contributed by atoms with E-state index in [1.165, 1.54) is 25.7 Å². The van der Waals surface area contributed by atoms with Gasteiger partial charge in [0.1, 0.15) is 5.82 Å². The highest BCUT2D eigenvalue weighted by Crippen LogP contribution is 2.40. The largest absolute Gasteiger partial charge is 0.382 e. The van der Waals surface area contributed by atoms with Crippen molar-refractivity contribution >= 4 is 29.9 Å². The van der Waals surface area contributed by atoms with Crippen LogP contribution in [0.2, 0.25) is 0 Å². The Morgan fingerprint density at radius 3 is 2.70 bits per heavy atom. The molecule has 0 spiro atoms. The molecule has 0 aliphatic heterocycles. The van der Waals surface area contributed by atoms with E-state index in [9.17, 15) is 0 Å². The molecule has 6 nitrogen and oxygen atoms in total. The molecular weight excluding hydrogens is 453 g/mol. The third kappa shape index (κ3) is 8.37. The van der Waals surface area contributed by atoms with E-state index in [1.807, 2.05) is 19.4 Å². The molecule has 7 heteroatoms. The quantitative estimate of drug-likeness (QED) is 0.214. The van der Waals surface area contributed by atoms with Crippen LogP contribution in [0.1, 0.15) is 57.7 Å². The van der Waals surface area contributed by atoms with Crippen molar-refractivity contribution in [2.24, 2.45) is 10.4 Å². The molecular formula is C20H38IN5O. The Balaban J connectivity index is 0.00000364. The average molecular weight is 491 g/mol. The summed E-state index contributed by atoms with van der Waals surface area (Å²) < 4.78 is 7.81. The van der Waals surface area contributed by atoms with Crippen molar-refractivity contribution in [3.05, 3.63) is 18.2 Å². The normalized spacial score (nSPS) is 16.2. The summed E-state index contributed by atoms with van der Waals surface area (Å²) in [6.07, 6.45) is 12.6. The molecule has 1 aromatic heterocycles. The fourth-order valence-corrected chi connectivity index (χ4v) is 3.82. The van der Waals surface area contributed by atoms with E-state index in [0.717, 1.165) is 63.9 Å². The molecule has 156 valence electrons. The van der Waals surface area contributed by atoms with Gasteiger partial charge >= 0.3 is 0 Å². The Morgan fingerprint density at radius 1 is 1.30 bits per heavy atom. The van der Waals surface area contributed by atoms with Gasteiger partial charge < -0.3 is 19.9 Å². The van der Waals surface area contributed by atoms with Gasteiger partial charge in [-0.1, -0.05) is 12.8 Å². The van der Waals surface area contributed by atoms with Gasteiger partial charge in [-0.05, 0) is 51.4 Å². The second kappa shape index (κ2) is 13.4. The zero-order valence-corrected chi connectivity index (χ0v) is 19.6. The van der Waals surface area contributed by atoms with Crippen LogP contribution >= 0.6 is 24.0 Å². The summed E-state index contributed by atoms with van der Waals surface area (Å²) >= 11 is 0. The number of ether oxygens (including phenoxy) is 1. The van der Waals surface area contributed by atoms with Gasteiger partial charge in [0, 0.05) is 52.3 Å². The lowest BCUT2D eigenvalue weighted by Crippen LogP contribution is -2.43. The minimum absolute atomic E-state index is 0. The number of nitrogens with zero attached hydrogens (tertiary/aromatic N) is 3. The second-order valence-electron chi connectivity index (χ2n) is 7.38. The van der Waals surface area contributed by atoms with Crippen molar-refractivity contribution in [2.45, 2.75) is 65.3 Å². The second-order valence-corrected chi connectivity index (χ2v) is 7.38. The maximum atomic E-state index is 5.60. The smallest absolute Gasteiger partial charge is 0.190 e. The molecule has 27 heavy (non-hydrogen) atoms. The molecule has 2 rings (SSSR count). The van der Waals surface area contributed by atoms with E-state index in [2.05, 4.69) is 39.0 Å². The number of imidazole rings is 1. The molecule has 2 N–H and O–H groups in total. The lowest BCUT2D eigenvalue weighted by atomic mass is 9.83. The summed E-state index contributed by atoms with van der Waals surface area (Å²) in [5.41, 5.74) is 0.381. The van der Waals surface area contributed by atoms with Crippen molar-refractivity contribution in [2.75, 3.05) is 33.4 Å². The first-order valence-electron chi connectivity index (χ1n) is 10.2. The molecule has 0 atom stereocenters. The molecule has 0 bridgehead atoms. The first kappa shape index (κ1) is 24.2. The van der Waals surface area contributed by atoms with E-state index in [4.69, 9.17) is 4.74 Å². The predicted molar refractivity (Wildman–Crippen MR) is 123 cm³/mol. The van der Waals surface area contributed by atoms with Crippen molar-refractivity contribution in [1.82, 2.24) is 20.2 Å². The number of aromatic nitrogens is 2. The molecule has 1 fully saturated rings. The van der Waals surface area contributed by atoms with Crippen molar-refractivity contribution in [1.29, 1.82) is 0 Å². The first-order valence-corrected chi connectivity index (χ1v) is 10.2. The fraction of sp³-hybridized carbons (Fsp3) is 0.800. The Kier molecular flexibility index (Phi) is 12.0. The SMILES string of the molecule is CCOCCC1(CNC(=NC)NCCCCn2ccnc2C)CCCC1.I. The molecule has 0 aromatic carbocycles. The Morgan fingerprint density at radius 2 is 2.07 bits per heavy atom. The molecule has 1 heterocycles. The van der Waals surface area contributed by atoms with Crippen LogP contribution in [0.25, 0.3) is 0 Å². The zero-order valence-electron chi connectivity index (χ0n) is 17.3. The topological polar surface area (TPSA) is 63.5 Å².